The fraction of sp³-hybridized carbons (Fsp3) is 0.261. The standard InChI is InChI=1S/C23H21Cl2N3O3/c1-4-30-20-9-15(7-16-11-23(2,3)31-22(16)20)21(29)19(28-13-26-12-27-28)8-14-5-6-17(24)10-18(14)25/h5-10,12-13H,4,11H2,1-3H3. The molecule has 1 aliphatic rings. The molecular weight excluding hydrogens is 437 g/mol. The number of carbonyl (C=O) groups is 1. The molecule has 0 saturated carbocycles. The molecule has 4 rings (SSSR count). The van der Waals surface area contributed by atoms with E-state index in [4.69, 9.17) is 32.7 Å². The quantitative estimate of drug-likeness (QED) is 0.357. The number of allylic oxidation sites excluding steroid dienone is 1. The van der Waals surface area contributed by atoms with E-state index in [2.05, 4.69) is 10.1 Å². The Bertz CT molecular complexity index is 1170. The second-order valence-corrected chi connectivity index (χ2v) is 8.64. The van der Waals surface area contributed by atoms with E-state index in [1.54, 1.807) is 30.3 Å². The van der Waals surface area contributed by atoms with E-state index in [0.717, 1.165) is 5.56 Å². The minimum atomic E-state index is -0.364. The Morgan fingerprint density at radius 2 is 2.10 bits per heavy atom. The summed E-state index contributed by atoms with van der Waals surface area (Å²) >= 11 is 12.3. The molecule has 3 aromatic rings. The number of aromatic nitrogens is 3. The molecule has 0 saturated heterocycles. The molecule has 6 nitrogen and oxygen atoms in total. The molecular formula is C23H21Cl2N3O3. The number of nitrogens with zero attached hydrogens (tertiary/aromatic N) is 3. The average molecular weight is 458 g/mol. The Morgan fingerprint density at radius 3 is 2.77 bits per heavy atom. The van der Waals surface area contributed by atoms with Gasteiger partial charge in [0.05, 0.1) is 6.61 Å². The lowest BCUT2D eigenvalue weighted by molar-refractivity contribution is 0.105. The van der Waals surface area contributed by atoms with Crippen molar-refractivity contribution in [2.75, 3.05) is 6.61 Å². The minimum Gasteiger partial charge on any atom is -0.490 e. The molecule has 0 aliphatic carbocycles. The maximum Gasteiger partial charge on any atom is 0.211 e. The van der Waals surface area contributed by atoms with E-state index in [-0.39, 0.29) is 11.4 Å². The van der Waals surface area contributed by atoms with Crippen LogP contribution in [0.1, 0.15) is 42.3 Å². The van der Waals surface area contributed by atoms with Gasteiger partial charge in [-0.25, -0.2) is 9.67 Å². The summed E-state index contributed by atoms with van der Waals surface area (Å²) in [5, 5.41) is 5.09. The minimum absolute atomic E-state index is 0.245. The Hall–Kier alpha value is -2.83. The molecule has 0 atom stereocenters. The first kappa shape index (κ1) is 21.4. The van der Waals surface area contributed by atoms with Gasteiger partial charge in [-0.3, -0.25) is 4.79 Å². The van der Waals surface area contributed by atoms with Crippen molar-refractivity contribution in [3.05, 3.63) is 69.7 Å². The average Bonchev–Trinajstić information content (AvgIpc) is 3.33. The van der Waals surface area contributed by atoms with Crippen LogP contribution in [0.2, 0.25) is 10.0 Å². The summed E-state index contributed by atoms with van der Waals surface area (Å²) in [6, 6.07) is 8.65. The van der Waals surface area contributed by atoms with Crippen molar-refractivity contribution < 1.29 is 14.3 Å². The van der Waals surface area contributed by atoms with Gasteiger partial charge in [0, 0.05) is 27.6 Å². The van der Waals surface area contributed by atoms with Crippen molar-refractivity contribution >= 4 is 40.8 Å². The molecule has 0 fully saturated rings. The van der Waals surface area contributed by atoms with Crippen molar-refractivity contribution in [3.8, 4) is 11.5 Å². The maximum absolute atomic E-state index is 13.6. The summed E-state index contributed by atoms with van der Waals surface area (Å²) in [7, 11) is 0. The van der Waals surface area contributed by atoms with Crippen molar-refractivity contribution in [1.29, 1.82) is 0 Å². The predicted octanol–water partition coefficient (Wildman–Crippen LogP) is 5.58. The first-order valence-electron chi connectivity index (χ1n) is 9.82. The van der Waals surface area contributed by atoms with Crippen LogP contribution in [0.4, 0.5) is 0 Å². The smallest absolute Gasteiger partial charge is 0.211 e. The number of carbonyl (C=O) groups excluding carboxylic acids is 1. The largest absolute Gasteiger partial charge is 0.490 e. The van der Waals surface area contributed by atoms with Gasteiger partial charge in [-0.15, -0.1) is 0 Å². The summed E-state index contributed by atoms with van der Waals surface area (Å²) in [4.78, 5) is 17.6. The van der Waals surface area contributed by atoms with E-state index < -0.39 is 0 Å². The zero-order valence-electron chi connectivity index (χ0n) is 17.4. The lowest BCUT2D eigenvalue weighted by Gasteiger charge is -2.18. The molecule has 0 N–H and O–H groups in total. The normalized spacial score (nSPS) is 14.8. The highest BCUT2D eigenvalue weighted by atomic mass is 35.5. The van der Waals surface area contributed by atoms with E-state index in [1.807, 2.05) is 26.8 Å². The molecule has 0 radical (unpaired) electrons. The van der Waals surface area contributed by atoms with Gasteiger partial charge in [-0.1, -0.05) is 29.3 Å². The summed E-state index contributed by atoms with van der Waals surface area (Å²) in [5.41, 5.74) is 1.97. The van der Waals surface area contributed by atoms with Crippen molar-refractivity contribution in [2.45, 2.75) is 32.8 Å². The highest BCUT2D eigenvalue weighted by Crippen LogP contribution is 2.43. The molecule has 2 aromatic carbocycles. The Balaban J connectivity index is 1.82. The number of hydrogen-bond acceptors (Lipinski definition) is 5. The molecule has 1 aromatic heterocycles. The van der Waals surface area contributed by atoms with E-state index in [1.165, 1.54) is 17.3 Å². The Kier molecular flexibility index (Phi) is 5.77. The SMILES string of the molecule is CCOc1cc(C(=O)C(=Cc2ccc(Cl)cc2Cl)n2cncn2)cc2c1OC(C)(C)C2. The summed E-state index contributed by atoms with van der Waals surface area (Å²) in [6.07, 6.45) is 5.18. The van der Waals surface area contributed by atoms with Gasteiger partial charge >= 0.3 is 0 Å². The zero-order valence-corrected chi connectivity index (χ0v) is 18.9. The molecule has 31 heavy (non-hydrogen) atoms. The van der Waals surface area contributed by atoms with Crippen molar-refractivity contribution in [2.24, 2.45) is 0 Å². The maximum atomic E-state index is 13.6. The Morgan fingerprint density at radius 1 is 1.29 bits per heavy atom. The molecule has 160 valence electrons. The first-order valence-corrected chi connectivity index (χ1v) is 10.6. The van der Waals surface area contributed by atoms with Gasteiger partial charge < -0.3 is 9.47 Å². The summed E-state index contributed by atoms with van der Waals surface area (Å²) in [6.45, 7) is 6.37. The molecule has 8 heteroatoms. The second kappa shape index (κ2) is 8.36. The molecule has 0 amide bonds. The third-order valence-corrected chi connectivity index (χ3v) is 5.40. The molecule has 0 unspecified atom stereocenters. The number of Topliss-reactive ketones (excluding diaryl/α,β-unsaturated/α-hetero) is 1. The number of hydrogen-bond donors (Lipinski definition) is 0. The van der Waals surface area contributed by atoms with E-state index >= 15 is 0 Å². The van der Waals surface area contributed by atoms with Gasteiger partial charge in [0.2, 0.25) is 5.78 Å². The lowest BCUT2D eigenvalue weighted by atomic mass is 9.97. The van der Waals surface area contributed by atoms with Gasteiger partial charge in [0.15, 0.2) is 11.5 Å². The van der Waals surface area contributed by atoms with Gasteiger partial charge in [0.1, 0.15) is 24.0 Å². The highest BCUT2D eigenvalue weighted by molar-refractivity contribution is 6.36. The van der Waals surface area contributed by atoms with Crippen molar-refractivity contribution in [1.82, 2.24) is 14.8 Å². The fourth-order valence-electron chi connectivity index (χ4n) is 3.55. The number of fused-ring (bicyclic) bond motifs is 1. The monoisotopic (exact) mass is 457 g/mol. The topological polar surface area (TPSA) is 66.2 Å². The fourth-order valence-corrected chi connectivity index (χ4v) is 4.02. The molecule has 0 spiro atoms. The summed E-state index contributed by atoms with van der Waals surface area (Å²) in [5.74, 6) is 0.997. The van der Waals surface area contributed by atoms with Crippen LogP contribution in [-0.4, -0.2) is 32.8 Å². The molecule has 2 heterocycles. The van der Waals surface area contributed by atoms with Crippen LogP contribution in [0, 0.1) is 0 Å². The number of benzene rings is 2. The molecule has 0 bridgehead atoms. The number of halogens is 2. The van der Waals surface area contributed by atoms with Crippen molar-refractivity contribution in [3.63, 3.8) is 0 Å². The number of rotatable bonds is 6. The van der Waals surface area contributed by atoms with Crippen LogP contribution < -0.4 is 9.47 Å². The lowest BCUT2D eigenvalue weighted by Crippen LogP contribution is -2.24. The zero-order chi connectivity index (χ0) is 22.2. The van der Waals surface area contributed by atoms with Gasteiger partial charge in [-0.05, 0) is 56.7 Å². The van der Waals surface area contributed by atoms with Crippen LogP contribution in [0.15, 0.2) is 43.0 Å². The predicted molar refractivity (Wildman–Crippen MR) is 121 cm³/mol. The summed E-state index contributed by atoms with van der Waals surface area (Å²) < 4.78 is 13.3. The van der Waals surface area contributed by atoms with Crippen LogP contribution in [-0.2, 0) is 6.42 Å². The first-order chi connectivity index (χ1) is 14.8. The van der Waals surface area contributed by atoms with Crippen LogP contribution in [0.3, 0.4) is 0 Å². The van der Waals surface area contributed by atoms with Gasteiger partial charge in [-0.2, -0.15) is 5.10 Å². The van der Waals surface area contributed by atoms with Gasteiger partial charge in [0.25, 0.3) is 0 Å². The van der Waals surface area contributed by atoms with Crippen LogP contribution in [0.25, 0.3) is 11.8 Å². The third-order valence-electron chi connectivity index (χ3n) is 4.84. The van der Waals surface area contributed by atoms with Crippen LogP contribution in [0.5, 0.6) is 11.5 Å². The highest BCUT2D eigenvalue weighted by Gasteiger charge is 2.34. The second-order valence-electron chi connectivity index (χ2n) is 7.80. The van der Waals surface area contributed by atoms with E-state index in [0.29, 0.717) is 51.4 Å². The Labute approximate surface area is 190 Å². The third kappa shape index (κ3) is 4.45. The van der Waals surface area contributed by atoms with E-state index in [9.17, 15) is 4.79 Å². The van der Waals surface area contributed by atoms with Crippen LogP contribution >= 0.6 is 23.2 Å². The molecule has 1 aliphatic heterocycles. The number of ether oxygens (including phenoxy) is 2. The number of ketones is 1.